The van der Waals surface area contributed by atoms with E-state index in [0.29, 0.717) is 6.42 Å². The standard InChI is InChI=1S/C13H19N3O2S2/c1-13(2,20(3,17)18)11(16-14)8-12-15-9-6-4-5-7-10(9)19-12/h4-7,11,16H,8,14H2,1-3H3. The number of nitrogens with two attached hydrogens (primary N) is 1. The molecule has 0 aliphatic rings. The van der Waals surface area contributed by atoms with Crippen LogP contribution in [0.25, 0.3) is 10.2 Å². The molecule has 0 aliphatic carbocycles. The number of nitrogens with zero attached hydrogens (tertiary/aromatic N) is 1. The third-order valence-electron chi connectivity index (χ3n) is 3.71. The molecule has 1 aromatic carbocycles. The van der Waals surface area contributed by atoms with Crippen LogP contribution < -0.4 is 11.3 Å². The number of hydrogen-bond donors (Lipinski definition) is 2. The van der Waals surface area contributed by atoms with Crippen molar-refractivity contribution in [3.63, 3.8) is 0 Å². The van der Waals surface area contributed by atoms with Gasteiger partial charge in [0.1, 0.15) is 0 Å². The maximum atomic E-state index is 11.9. The number of rotatable bonds is 5. The minimum Gasteiger partial charge on any atom is -0.271 e. The molecule has 2 rings (SSSR count). The highest BCUT2D eigenvalue weighted by molar-refractivity contribution is 7.92. The number of hydrogen-bond acceptors (Lipinski definition) is 6. The van der Waals surface area contributed by atoms with Gasteiger partial charge in [0.05, 0.1) is 20.0 Å². The van der Waals surface area contributed by atoms with Crippen molar-refractivity contribution < 1.29 is 8.42 Å². The summed E-state index contributed by atoms with van der Waals surface area (Å²) in [7, 11) is -3.23. The predicted molar refractivity (Wildman–Crippen MR) is 83.4 cm³/mol. The molecule has 7 heteroatoms. The third kappa shape index (κ3) is 2.85. The van der Waals surface area contributed by atoms with E-state index in [-0.39, 0.29) is 0 Å². The van der Waals surface area contributed by atoms with E-state index >= 15 is 0 Å². The second kappa shape index (κ2) is 5.40. The summed E-state index contributed by atoms with van der Waals surface area (Å²) in [4.78, 5) is 4.52. The summed E-state index contributed by atoms with van der Waals surface area (Å²) < 4.78 is 23.9. The van der Waals surface area contributed by atoms with E-state index in [0.717, 1.165) is 15.2 Å². The zero-order valence-corrected chi connectivity index (χ0v) is 13.4. The number of aromatic nitrogens is 1. The highest BCUT2D eigenvalue weighted by atomic mass is 32.2. The van der Waals surface area contributed by atoms with Gasteiger partial charge >= 0.3 is 0 Å². The Hall–Kier alpha value is -1.02. The largest absolute Gasteiger partial charge is 0.271 e. The fraction of sp³-hybridized carbons (Fsp3) is 0.462. The summed E-state index contributed by atoms with van der Waals surface area (Å²) in [6, 6.07) is 7.46. The molecule has 0 saturated carbocycles. The minimum absolute atomic E-state index is 0.391. The summed E-state index contributed by atoms with van der Waals surface area (Å²) in [5.41, 5.74) is 3.56. The summed E-state index contributed by atoms with van der Waals surface area (Å²) >= 11 is 1.57. The monoisotopic (exact) mass is 313 g/mol. The second-order valence-corrected chi connectivity index (χ2v) is 9.09. The van der Waals surface area contributed by atoms with E-state index in [1.165, 1.54) is 6.26 Å². The van der Waals surface area contributed by atoms with Gasteiger partial charge in [-0.05, 0) is 26.0 Å². The normalized spacial score (nSPS) is 14.6. The lowest BCUT2D eigenvalue weighted by Crippen LogP contribution is -2.55. The van der Waals surface area contributed by atoms with Gasteiger partial charge in [-0.15, -0.1) is 11.3 Å². The molecule has 3 N–H and O–H groups in total. The fourth-order valence-corrected chi connectivity index (χ4v) is 3.63. The molecule has 0 radical (unpaired) electrons. The average molecular weight is 313 g/mol. The highest BCUT2D eigenvalue weighted by Gasteiger charge is 2.39. The van der Waals surface area contributed by atoms with Crippen LogP contribution in [-0.4, -0.2) is 30.4 Å². The Balaban J connectivity index is 2.31. The van der Waals surface area contributed by atoms with Crippen molar-refractivity contribution in [2.75, 3.05) is 6.26 Å². The van der Waals surface area contributed by atoms with Gasteiger partial charge in [-0.1, -0.05) is 12.1 Å². The average Bonchev–Trinajstić information content (AvgIpc) is 2.76. The van der Waals surface area contributed by atoms with Crippen molar-refractivity contribution >= 4 is 31.4 Å². The first kappa shape index (κ1) is 15.4. The topological polar surface area (TPSA) is 85.1 Å². The van der Waals surface area contributed by atoms with Crippen LogP contribution in [0.1, 0.15) is 18.9 Å². The van der Waals surface area contributed by atoms with E-state index in [2.05, 4.69) is 10.4 Å². The first-order valence-corrected chi connectivity index (χ1v) is 8.96. The van der Waals surface area contributed by atoms with E-state index in [9.17, 15) is 8.42 Å². The van der Waals surface area contributed by atoms with Crippen LogP contribution in [0.4, 0.5) is 0 Å². The molecule has 0 amide bonds. The first-order valence-electron chi connectivity index (χ1n) is 6.26. The predicted octanol–water partition coefficient (Wildman–Crippen LogP) is 1.49. The molecular formula is C13H19N3O2S2. The fourth-order valence-electron chi connectivity index (χ4n) is 1.95. The molecule has 0 spiro atoms. The second-order valence-electron chi connectivity index (χ2n) is 5.37. The molecule has 0 saturated heterocycles. The molecule has 5 nitrogen and oxygen atoms in total. The van der Waals surface area contributed by atoms with E-state index in [4.69, 9.17) is 5.84 Å². The van der Waals surface area contributed by atoms with Crippen molar-refractivity contribution in [3.8, 4) is 0 Å². The van der Waals surface area contributed by atoms with Crippen LogP contribution in [0.2, 0.25) is 0 Å². The molecule has 0 aliphatic heterocycles. The molecule has 110 valence electrons. The van der Waals surface area contributed by atoms with Crippen LogP contribution in [0.3, 0.4) is 0 Å². The van der Waals surface area contributed by atoms with Crippen molar-refractivity contribution in [3.05, 3.63) is 29.3 Å². The van der Waals surface area contributed by atoms with Crippen LogP contribution >= 0.6 is 11.3 Å². The van der Waals surface area contributed by atoms with E-state index < -0.39 is 20.6 Å². The first-order chi connectivity index (χ1) is 9.25. The molecule has 1 atom stereocenters. The van der Waals surface area contributed by atoms with Crippen LogP contribution in [-0.2, 0) is 16.3 Å². The molecular weight excluding hydrogens is 294 g/mol. The summed E-state index contributed by atoms with van der Waals surface area (Å²) in [5.74, 6) is 5.56. The maximum absolute atomic E-state index is 11.9. The maximum Gasteiger partial charge on any atom is 0.154 e. The number of fused-ring (bicyclic) bond motifs is 1. The molecule has 2 aromatic rings. The zero-order valence-electron chi connectivity index (χ0n) is 11.8. The number of nitrogens with one attached hydrogen (secondary N) is 1. The molecule has 20 heavy (non-hydrogen) atoms. The summed E-state index contributed by atoms with van der Waals surface area (Å²) in [6.07, 6.45) is 1.71. The van der Waals surface area contributed by atoms with Gasteiger partial charge in [-0.25, -0.2) is 13.4 Å². The van der Waals surface area contributed by atoms with Gasteiger partial charge in [-0.2, -0.15) is 0 Å². The van der Waals surface area contributed by atoms with E-state index in [1.54, 1.807) is 25.2 Å². The van der Waals surface area contributed by atoms with Crippen LogP contribution in [0.15, 0.2) is 24.3 Å². The van der Waals surface area contributed by atoms with Gasteiger partial charge in [0.25, 0.3) is 0 Å². The van der Waals surface area contributed by atoms with Crippen molar-refractivity contribution in [1.29, 1.82) is 0 Å². The summed E-state index contributed by atoms with van der Waals surface area (Å²) in [6.45, 7) is 3.36. The number of benzene rings is 1. The van der Waals surface area contributed by atoms with Gasteiger partial charge in [-0.3, -0.25) is 11.3 Å². The molecule has 1 unspecified atom stereocenters. The highest BCUT2D eigenvalue weighted by Crippen LogP contribution is 2.27. The number of para-hydroxylation sites is 1. The number of thiazole rings is 1. The lowest BCUT2D eigenvalue weighted by Gasteiger charge is -2.31. The number of hydrazine groups is 1. The summed E-state index contributed by atoms with van der Waals surface area (Å²) in [5, 5.41) is 0.880. The number of sulfone groups is 1. The van der Waals surface area contributed by atoms with Crippen molar-refractivity contribution in [1.82, 2.24) is 10.4 Å². The molecule has 0 fully saturated rings. The Kier molecular flexibility index (Phi) is 4.15. The lowest BCUT2D eigenvalue weighted by atomic mass is 10.0. The zero-order chi connectivity index (χ0) is 15.0. The van der Waals surface area contributed by atoms with Gasteiger partial charge in [0.15, 0.2) is 9.84 Å². The lowest BCUT2D eigenvalue weighted by molar-refractivity contribution is 0.412. The molecule has 1 heterocycles. The van der Waals surface area contributed by atoms with E-state index in [1.807, 2.05) is 24.3 Å². The van der Waals surface area contributed by atoms with Crippen molar-refractivity contribution in [2.24, 2.45) is 5.84 Å². The van der Waals surface area contributed by atoms with Gasteiger partial charge in [0, 0.05) is 18.7 Å². The Labute approximate surface area is 123 Å². The minimum atomic E-state index is -3.23. The Morgan fingerprint density at radius 3 is 2.60 bits per heavy atom. The molecule has 0 bridgehead atoms. The third-order valence-corrected chi connectivity index (χ3v) is 6.97. The SMILES string of the molecule is CC(C)(C(Cc1nc2ccccc2s1)NN)S(C)(=O)=O. The van der Waals surface area contributed by atoms with Crippen LogP contribution in [0, 0.1) is 0 Å². The van der Waals surface area contributed by atoms with Crippen LogP contribution in [0.5, 0.6) is 0 Å². The quantitative estimate of drug-likeness (QED) is 0.645. The Bertz CT molecular complexity index is 674. The van der Waals surface area contributed by atoms with Crippen molar-refractivity contribution in [2.45, 2.75) is 31.1 Å². The smallest absolute Gasteiger partial charge is 0.154 e. The van der Waals surface area contributed by atoms with Gasteiger partial charge in [0.2, 0.25) is 0 Å². The van der Waals surface area contributed by atoms with Gasteiger partial charge < -0.3 is 0 Å². The molecule has 1 aromatic heterocycles. The Morgan fingerprint density at radius 2 is 2.05 bits per heavy atom. The Morgan fingerprint density at radius 1 is 1.40 bits per heavy atom.